The molecule has 5 heteroatoms. The Morgan fingerprint density at radius 2 is 1.71 bits per heavy atom. The summed E-state index contributed by atoms with van der Waals surface area (Å²) in [5, 5.41) is 12.0. The number of phenolic OH excluding ortho intramolecular Hbond substituents is 1. The fraction of sp³-hybridized carbons (Fsp3) is 0.188. The van der Waals surface area contributed by atoms with Crippen LogP contribution in [-0.2, 0) is 0 Å². The summed E-state index contributed by atoms with van der Waals surface area (Å²) in [6, 6.07) is 5.36. The number of hydrogen-bond donors (Lipinski definition) is 2. The molecular formula is C16H15F2NO2. The fourth-order valence-electron chi connectivity index (χ4n) is 1.99. The minimum absolute atomic E-state index is 0.0958. The normalized spacial score (nSPS) is 10.5. The van der Waals surface area contributed by atoms with Crippen molar-refractivity contribution in [2.45, 2.75) is 20.8 Å². The van der Waals surface area contributed by atoms with Crippen LogP contribution in [0.4, 0.5) is 14.5 Å². The Balaban J connectivity index is 2.40. The van der Waals surface area contributed by atoms with E-state index in [1.54, 1.807) is 19.9 Å². The van der Waals surface area contributed by atoms with Crippen LogP contribution in [-0.4, -0.2) is 11.0 Å². The first-order valence-electron chi connectivity index (χ1n) is 6.37. The van der Waals surface area contributed by atoms with Gasteiger partial charge in [-0.05, 0) is 55.7 Å². The van der Waals surface area contributed by atoms with E-state index in [9.17, 15) is 18.7 Å². The van der Waals surface area contributed by atoms with E-state index in [0.29, 0.717) is 16.8 Å². The molecule has 0 saturated heterocycles. The molecule has 0 aliphatic carbocycles. The van der Waals surface area contributed by atoms with Gasteiger partial charge in [0.1, 0.15) is 22.9 Å². The summed E-state index contributed by atoms with van der Waals surface area (Å²) in [5.41, 5.74) is 1.14. The SMILES string of the molecule is Cc1cc(NC(=O)c2c(F)ccc(C)c2F)c(C)cc1O. The molecule has 0 unspecified atom stereocenters. The van der Waals surface area contributed by atoms with Gasteiger partial charge in [-0.2, -0.15) is 0 Å². The largest absolute Gasteiger partial charge is 0.508 e. The van der Waals surface area contributed by atoms with Gasteiger partial charge in [0, 0.05) is 5.69 Å². The van der Waals surface area contributed by atoms with Gasteiger partial charge >= 0.3 is 0 Å². The molecule has 0 saturated carbocycles. The maximum Gasteiger partial charge on any atom is 0.261 e. The number of carbonyl (C=O) groups is 1. The lowest BCUT2D eigenvalue weighted by Crippen LogP contribution is -2.17. The lowest BCUT2D eigenvalue weighted by molar-refractivity contribution is 0.101. The van der Waals surface area contributed by atoms with Crippen molar-refractivity contribution in [2.24, 2.45) is 0 Å². The number of amides is 1. The molecule has 0 fully saturated rings. The minimum Gasteiger partial charge on any atom is -0.508 e. The summed E-state index contributed by atoms with van der Waals surface area (Å²) in [7, 11) is 0. The summed E-state index contributed by atoms with van der Waals surface area (Å²) in [6.45, 7) is 4.80. The molecule has 0 radical (unpaired) electrons. The van der Waals surface area contributed by atoms with Gasteiger partial charge < -0.3 is 10.4 Å². The number of halogens is 2. The van der Waals surface area contributed by atoms with E-state index in [0.717, 1.165) is 6.07 Å². The van der Waals surface area contributed by atoms with E-state index in [1.807, 2.05) is 0 Å². The highest BCUT2D eigenvalue weighted by molar-refractivity contribution is 6.05. The van der Waals surface area contributed by atoms with Crippen LogP contribution in [0.25, 0.3) is 0 Å². The second kappa shape index (κ2) is 5.52. The van der Waals surface area contributed by atoms with Crippen LogP contribution in [0.15, 0.2) is 24.3 Å². The molecule has 2 aromatic rings. The molecule has 0 bridgehead atoms. The molecule has 21 heavy (non-hydrogen) atoms. The average Bonchev–Trinajstić information content (AvgIpc) is 2.41. The van der Waals surface area contributed by atoms with Crippen LogP contribution < -0.4 is 5.32 Å². The number of carbonyl (C=O) groups excluding carboxylic acids is 1. The Morgan fingerprint density at radius 3 is 2.38 bits per heavy atom. The third-order valence-corrected chi connectivity index (χ3v) is 3.30. The van der Waals surface area contributed by atoms with Crippen LogP contribution in [0, 0.1) is 32.4 Å². The van der Waals surface area contributed by atoms with Crippen LogP contribution in [0.1, 0.15) is 27.0 Å². The molecule has 0 aliphatic heterocycles. The first kappa shape index (κ1) is 15.0. The number of nitrogens with one attached hydrogen (secondary N) is 1. The van der Waals surface area contributed by atoms with Crippen molar-refractivity contribution in [1.82, 2.24) is 0 Å². The van der Waals surface area contributed by atoms with Crippen molar-refractivity contribution >= 4 is 11.6 Å². The Morgan fingerprint density at radius 1 is 1.05 bits per heavy atom. The number of benzene rings is 2. The summed E-state index contributed by atoms with van der Waals surface area (Å²) >= 11 is 0. The van der Waals surface area contributed by atoms with Crippen LogP contribution in [0.5, 0.6) is 5.75 Å². The minimum atomic E-state index is -0.913. The van der Waals surface area contributed by atoms with Gasteiger partial charge in [0.15, 0.2) is 0 Å². The Hall–Kier alpha value is -2.43. The zero-order valence-corrected chi connectivity index (χ0v) is 11.9. The van der Waals surface area contributed by atoms with E-state index >= 15 is 0 Å². The maximum absolute atomic E-state index is 13.9. The zero-order chi connectivity index (χ0) is 15.7. The lowest BCUT2D eigenvalue weighted by atomic mass is 10.1. The van der Waals surface area contributed by atoms with Gasteiger partial charge in [-0.15, -0.1) is 0 Å². The van der Waals surface area contributed by atoms with E-state index in [2.05, 4.69) is 5.32 Å². The first-order chi connectivity index (χ1) is 9.81. The predicted molar refractivity (Wildman–Crippen MR) is 76.6 cm³/mol. The van der Waals surface area contributed by atoms with Crippen molar-refractivity contribution in [2.75, 3.05) is 5.32 Å². The Kier molecular flexibility index (Phi) is 3.93. The van der Waals surface area contributed by atoms with Crippen LogP contribution in [0.3, 0.4) is 0 Å². The second-order valence-electron chi connectivity index (χ2n) is 4.96. The van der Waals surface area contributed by atoms with Crippen molar-refractivity contribution in [3.8, 4) is 5.75 Å². The van der Waals surface area contributed by atoms with E-state index in [4.69, 9.17) is 0 Å². The molecule has 2 rings (SSSR count). The Bertz CT molecular complexity index is 727. The molecule has 110 valence electrons. The van der Waals surface area contributed by atoms with E-state index in [-0.39, 0.29) is 11.3 Å². The van der Waals surface area contributed by atoms with Crippen molar-refractivity contribution in [1.29, 1.82) is 0 Å². The van der Waals surface area contributed by atoms with Gasteiger partial charge in [0.25, 0.3) is 5.91 Å². The highest BCUT2D eigenvalue weighted by Gasteiger charge is 2.20. The molecular weight excluding hydrogens is 276 g/mol. The molecule has 0 heterocycles. The number of aromatic hydroxyl groups is 1. The highest BCUT2D eigenvalue weighted by Crippen LogP contribution is 2.26. The predicted octanol–water partition coefficient (Wildman–Crippen LogP) is 3.85. The molecule has 0 aromatic heterocycles. The summed E-state index contributed by atoms with van der Waals surface area (Å²) < 4.78 is 27.6. The monoisotopic (exact) mass is 291 g/mol. The molecule has 2 N–H and O–H groups in total. The van der Waals surface area contributed by atoms with E-state index < -0.39 is 23.1 Å². The number of rotatable bonds is 2. The summed E-state index contributed by atoms with van der Waals surface area (Å²) in [6.07, 6.45) is 0. The second-order valence-corrected chi connectivity index (χ2v) is 4.96. The van der Waals surface area contributed by atoms with Gasteiger partial charge in [0.2, 0.25) is 0 Å². The third-order valence-electron chi connectivity index (χ3n) is 3.30. The number of anilines is 1. The lowest BCUT2D eigenvalue weighted by Gasteiger charge is -2.12. The Labute approximate surface area is 121 Å². The van der Waals surface area contributed by atoms with Gasteiger partial charge in [-0.3, -0.25) is 4.79 Å². The number of aryl methyl sites for hydroxylation is 3. The molecule has 1 amide bonds. The molecule has 3 nitrogen and oxygen atoms in total. The van der Waals surface area contributed by atoms with Gasteiger partial charge in [-0.25, -0.2) is 8.78 Å². The van der Waals surface area contributed by atoms with E-state index in [1.165, 1.54) is 19.1 Å². The molecule has 0 spiro atoms. The number of phenols is 1. The van der Waals surface area contributed by atoms with Crippen molar-refractivity contribution in [3.05, 3.63) is 58.2 Å². The van der Waals surface area contributed by atoms with Crippen molar-refractivity contribution in [3.63, 3.8) is 0 Å². The summed E-state index contributed by atoms with van der Waals surface area (Å²) in [4.78, 5) is 12.1. The quantitative estimate of drug-likeness (QED) is 0.826. The van der Waals surface area contributed by atoms with Gasteiger partial charge in [0.05, 0.1) is 0 Å². The van der Waals surface area contributed by atoms with Crippen LogP contribution >= 0.6 is 0 Å². The first-order valence-corrected chi connectivity index (χ1v) is 6.37. The summed E-state index contributed by atoms with van der Waals surface area (Å²) in [5.74, 6) is -2.55. The molecule has 2 aromatic carbocycles. The molecule has 0 atom stereocenters. The van der Waals surface area contributed by atoms with Crippen molar-refractivity contribution < 1.29 is 18.7 Å². The number of hydrogen-bond acceptors (Lipinski definition) is 2. The maximum atomic E-state index is 13.9. The average molecular weight is 291 g/mol. The standard InChI is InChI=1S/C16H15F2NO2/c1-8-4-5-11(17)14(15(8)18)16(21)19-12-6-10(3)13(20)7-9(12)2/h4-7,20H,1-3H3,(H,19,21). The zero-order valence-electron chi connectivity index (χ0n) is 11.9. The fourth-order valence-corrected chi connectivity index (χ4v) is 1.99. The third kappa shape index (κ3) is 2.86. The smallest absolute Gasteiger partial charge is 0.261 e. The highest BCUT2D eigenvalue weighted by atomic mass is 19.1. The van der Waals surface area contributed by atoms with Crippen LogP contribution in [0.2, 0.25) is 0 Å². The topological polar surface area (TPSA) is 49.3 Å². The molecule has 0 aliphatic rings. The van der Waals surface area contributed by atoms with Gasteiger partial charge in [-0.1, -0.05) is 6.07 Å².